The molecule has 0 atom stereocenters. The van der Waals surface area contributed by atoms with Gasteiger partial charge in [-0.3, -0.25) is 4.79 Å². The molecule has 1 aromatic heterocycles. The first kappa shape index (κ1) is 13.4. The van der Waals surface area contributed by atoms with E-state index in [1.807, 2.05) is 6.92 Å². The lowest BCUT2D eigenvalue weighted by Gasteiger charge is -2.56. The summed E-state index contributed by atoms with van der Waals surface area (Å²) in [5.74, 6) is 3.15. The molecule has 0 aromatic carbocycles. The summed E-state index contributed by atoms with van der Waals surface area (Å²) in [4.78, 5) is 19.8. The van der Waals surface area contributed by atoms with Crippen LogP contribution in [0.4, 0.5) is 0 Å². The number of H-pyrrole nitrogens is 1. The fourth-order valence-electron chi connectivity index (χ4n) is 5.61. The summed E-state index contributed by atoms with van der Waals surface area (Å²) < 4.78 is 0. The molecule has 114 valence electrons. The summed E-state index contributed by atoms with van der Waals surface area (Å²) >= 11 is 0. The molecular formula is C17H24N2O2. The second-order valence-corrected chi connectivity index (χ2v) is 7.66. The van der Waals surface area contributed by atoms with Crippen molar-refractivity contribution in [3.63, 3.8) is 0 Å². The first-order valence-electron chi connectivity index (χ1n) is 8.42. The molecule has 4 heteroatoms. The number of aromatic hydroxyl groups is 1. The molecule has 0 unspecified atom stereocenters. The van der Waals surface area contributed by atoms with Crippen LogP contribution in [-0.4, -0.2) is 15.1 Å². The number of nitrogens with zero attached hydrogens (tertiary/aromatic N) is 1. The Morgan fingerprint density at radius 2 is 1.76 bits per heavy atom. The quantitative estimate of drug-likeness (QED) is 0.898. The minimum Gasteiger partial charge on any atom is -0.493 e. The van der Waals surface area contributed by atoms with Crippen molar-refractivity contribution in [2.24, 2.45) is 17.8 Å². The van der Waals surface area contributed by atoms with Crippen molar-refractivity contribution in [3.05, 3.63) is 21.7 Å². The zero-order valence-electron chi connectivity index (χ0n) is 12.7. The van der Waals surface area contributed by atoms with E-state index in [4.69, 9.17) is 0 Å². The molecule has 5 rings (SSSR count). The van der Waals surface area contributed by atoms with Crippen molar-refractivity contribution in [1.29, 1.82) is 0 Å². The van der Waals surface area contributed by atoms with Gasteiger partial charge in [-0.25, -0.2) is 0 Å². The van der Waals surface area contributed by atoms with E-state index in [0.29, 0.717) is 12.0 Å². The molecule has 21 heavy (non-hydrogen) atoms. The number of hydrogen-bond donors (Lipinski definition) is 2. The minimum atomic E-state index is -0.130. The topological polar surface area (TPSA) is 66.0 Å². The summed E-state index contributed by atoms with van der Waals surface area (Å²) in [7, 11) is 0. The van der Waals surface area contributed by atoms with Gasteiger partial charge >= 0.3 is 0 Å². The van der Waals surface area contributed by atoms with Crippen molar-refractivity contribution in [1.82, 2.24) is 9.97 Å². The van der Waals surface area contributed by atoms with Gasteiger partial charge in [0, 0.05) is 5.41 Å². The standard InChI is InChI=1S/C17H24N2O2/c1-2-3-13-14(20)18-16(19-15(13)21)17-7-10-4-11(8-17)6-12(5-10)9-17/h10-12H,2-9H2,1H3,(H2,18,19,20,21). The predicted octanol–water partition coefficient (Wildman–Crippen LogP) is 2.90. The third-order valence-electron chi connectivity index (χ3n) is 6.03. The summed E-state index contributed by atoms with van der Waals surface area (Å²) in [6.45, 7) is 2.01. The number of aromatic amines is 1. The van der Waals surface area contributed by atoms with Gasteiger partial charge in [0.25, 0.3) is 5.56 Å². The highest BCUT2D eigenvalue weighted by Gasteiger charge is 2.53. The Morgan fingerprint density at radius 3 is 2.24 bits per heavy atom. The summed E-state index contributed by atoms with van der Waals surface area (Å²) in [5.41, 5.74) is 0.358. The Balaban J connectivity index is 1.75. The highest BCUT2D eigenvalue weighted by Crippen LogP contribution is 2.60. The Kier molecular flexibility index (Phi) is 2.92. The number of rotatable bonds is 3. The van der Waals surface area contributed by atoms with Crippen LogP contribution in [-0.2, 0) is 11.8 Å². The molecule has 4 saturated carbocycles. The third-order valence-corrected chi connectivity index (χ3v) is 6.03. The monoisotopic (exact) mass is 288 g/mol. The van der Waals surface area contributed by atoms with Gasteiger partial charge in [-0.2, -0.15) is 4.98 Å². The second kappa shape index (κ2) is 4.59. The maximum atomic E-state index is 12.3. The molecule has 0 saturated heterocycles. The van der Waals surface area contributed by atoms with E-state index >= 15 is 0 Å². The van der Waals surface area contributed by atoms with Gasteiger partial charge in [-0.05, 0) is 62.7 Å². The lowest BCUT2D eigenvalue weighted by atomic mass is 9.49. The van der Waals surface area contributed by atoms with Crippen LogP contribution in [0, 0.1) is 17.8 Å². The summed E-state index contributed by atoms with van der Waals surface area (Å²) in [5, 5.41) is 10.2. The first-order valence-corrected chi connectivity index (χ1v) is 8.42. The maximum Gasteiger partial charge on any atom is 0.257 e. The average molecular weight is 288 g/mol. The van der Waals surface area contributed by atoms with Crippen LogP contribution in [0.1, 0.15) is 63.3 Å². The van der Waals surface area contributed by atoms with Crippen LogP contribution in [0.15, 0.2) is 4.79 Å². The van der Waals surface area contributed by atoms with Crippen molar-refractivity contribution < 1.29 is 5.11 Å². The van der Waals surface area contributed by atoms with Crippen LogP contribution < -0.4 is 5.56 Å². The minimum absolute atomic E-state index is 0.0358. The molecule has 1 heterocycles. The molecule has 4 aliphatic carbocycles. The van der Waals surface area contributed by atoms with Crippen molar-refractivity contribution in [2.45, 2.75) is 63.7 Å². The van der Waals surface area contributed by atoms with Gasteiger partial charge in [-0.15, -0.1) is 0 Å². The lowest BCUT2D eigenvalue weighted by Crippen LogP contribution is -2.49. The SMILES string of the molecule is CCCc1c(O)nc(C23CC4CC(CC(C4)C2)C3)[nH]c1=O. The highest BCUT2D eigenvalue weighted by atomic mass is 16.3. The summed E-state index contributed by atoms with van der Waals surface area (Å²) in [6.07, 6.45) is 8.97. The third kappa shape index (κ3) is 2.02. The van der Waals surface area contributed by atoms with Crippen LogP contribution in [0.3, 0.4) is 0 Å². The fourth-order valence-corrected chi connectivity index (χ4v) is 5.61. The predicted molar refractivity (Wildman–Crippen MR) is 80.4 cm³/mol. The van der Waals surface area contributed by atoms with Crippen molar-refractivity contribution >= 4 is 0 Å². The lowest BCUT2D eigenvalue weighted by molar-refractivity contribution is -0.00978. The van der Waals surface area contributed by atoms with Crippen molar-refractivity contribution in [2.75, 3.05) is 0 Å². The first-order chi connectivity index (χ1) is 10.1. The van der Waals surface area contributed by atoms with E-state index in [1.165, 1.54) is 19.3 Å². The van der Waals surface area contributed by atoms with E-state index in [2.05, 4.69) is 9.97 Å². The van der Waals surface area contributed by atoms with Gasteiger partial charge < -0.3 is 10.1 Å². The Labute approximate surface area is 125 Å². The van der Waals surface area contributed by atoms with Crippen LogP contribution >= 0.6 is 0 Å². The highest BCUT2D eigenvalue weighted by molar-refractivity contribution is 5.26. The molecule has 4 bridgehead atoms. The second-order valence-electron chi connectivity index (χ2n) is 7.66. The molecule has 0 spiro atoms. The van der Waals surface area contributed by atoms with E-state index < -0.39 is 0 Å². The molecule has 4 nitrogen and oxygen atoms in total. The Morgan fingerprint density at radius 1 is 1.19 bits per heavy atom. The van der Waals surface area contributed by atoms with Gasteiger partial charge in [-0.1, -0.05) is 13.3 Å². The van der Waals surface area contributed by atoms with Gasteiger partial charge in [0.05, 0.1) is 5.56 Å². The largest absolute Gasteiger partial charge is 0.493 e. The fraction of sp³-hybridized carbons (Fsp3) is 0.765. The van der Waals surface area contributed by atoms with Crippen LogP contribution in [0.5, 0.6) is 5.88 Å². The number of nitrogens with one attached hydrogen (secondary N) is 1. The van der Waals surface area contributed by atoms with Crippen molar-refractivity contribution in [3.8, 4) is 5.88 Å². The molecule has 2 N–H and O–H groups in total. The van der Waals surface area contributed by atoms with E-state index in [9.17, 15) is 9.90 Å². The average Bonchev–Trinajstić information content (AvgIpc) is 2.41. The number of aromatic nitrogens is 2. The van der Waals surface area contributed by atoms with Gasteiger partial charge in [0.1, 0.15) is 5.82 Å². The maximum absolute atomic E-state index is 12.3. The molecule has 0 amide bonds. The van der Waals surface area contributed by atoms with Gasteiger partial charge in [0.2, 0.25) is 5.88 Å². The summed E-state index contributed by atoms with van der Waals surface area (Å²) in [6, 6.07) is 0. The number of hydrogen-bond acceptors (Lipinski definition) is 3. The molecule has 1 aromatic rings. The van der Waals surface area contributed by atoms with E-state index in [0.717, 1.165) is 49.3 Å². The van der Waals surface area contributed by atoms with Crippen LogP contribution in [0.2, 0.25) is 0 Å². The van der Waals surface area contributed by atoms with Gasteiger partial charge in [0.15, 0.2) is 0 Å². The molecule has 0 radical (unpaired) electrons. The molecular weight excluding hydrogens is 264 g/mol. The molecule has 4 aliphatic rings. The Hall–Kier alpha value is -1.32. The van der Waals surface area contributed by atoms with E-state index in [1.54, 1.807) is 0 Å². The van der Waals surface area contributed by atoms with Crippen LogP contribution in [0.25, 0.3) is 0 Å². The normalized spacial score (nSPS) is 37.1. The zero-order valence-corrected chi connectivity index (χ0v) is 12.7. The zero-order chi connectivity index (χ0) is 14.6. The van der Waals surface area contributed by atoms with E-state index in [-0.39, 0.29) is 16.9 Å². The Bertz CT molecular complexity index is 584. The smallest absolute Gasteiger partial charge is 0.257 e. The molecule has 0 aliphatic heterocycles. The molecule has 4 fully saturated rings.